The molecule has 60 valence electrons. The van der Waals surface area contributed by atoms with Crippen LogP contribution in [0.15, 0.2) is 12.2 Å². The van der Waals surface area contributed by atoms with Gasteiger partial charge in [0.25, 0.3) is 0 Å². The molecule has 0 aliphatic heterocycles. The Kier molecular flexibility index (Phi) is 1.26. The number of carbonyl (C=O) groups excluding carboxylic acids is 1. The van der Waals surface area contributed by atoms with E-state index in [-0.39, 0.29) is 0 Å². The lowest BCUT2D eigenvalue weighted by molar-refractivity contribution is -0.118. The van der Waals surface area contributed by atoms with Crippen LogP contribution in [0, 0.1) is 17.3 Å². The number of carbonyl (C=O) groups is 1. The molecule has 0 aromatic rings. The van der Waals surface area contributed by atoms with E-state index < -0.39 is 0 Å². The first kappa shape index (κ1) is 7.08. The average Bonchev–Trinajstić information content (AvgIpc) is 2.31. The highest BCUT2D eigenvalue weighted by atomic mass is 16.1. The van der Waals surface area contributed by atoms with Crippen molar-refractivity contribution in [3.63, 3.8) is 0 Å². The lowest BCUT2D eigenvalue weighted by Crippen LogP contribution is -2.10. The van der Waals surface area contributed by atoms with E-state index in [9.17, 15) is 4.79 Å². The first-order valence-corrected chi connectivity index (χ1v) is 4.31. The van der Waals surface area contributed by atoms with E-state index >= 15 is 0 Å². The zero-order valence-electron chi connectivity index (χ0n) is 7.13. The molecular weight excluding hydrogens is 136 g/mol. The molecule has 0 saturated heterocycles. The third kappa shape index (κ3) is 1.03. The van der Waals surface area contributed by atoms with Gasteiger partial charge in [-0.25, -0.2) is 0 Å². The van der Waals surface area contributed by atoms with E-state index in [2.05, 4.69) is 19.9 Å². The van der Waals surface area contributed by atoms with Crippen LogP contribution in [0.2, 0.25) is 0 Å². The summed E-state index contributed by atoms with van der Waals surface area (Å²) < 4.78 is 0. The van der Waals surface area contributed by atoms with E-state index in [0.717, 1.165) is 6.42 Å². The summed E-state index contributed by atoms with van der Waals surface area (Å²) in [4.78, 5) is 11.3. The van der Waals surface area contributed by atoms with E-state index in [1.165, 1.54) is 6.42 Å². The summed E-state index contributed by atoms with van der Waals surface area (Å²) in [5, 5.41) is 0. The minimum atomic E-state index is 0.338. The molecule has 1 fully saturated rings. The third-order valence-corrected chi connectivity index (χ3v) is 2.95. The van der Waals surface area contributed by atoms with Gasteiger partial charge in [0, 0.05) is 5.92 Å². The van der Waals surface area contributed by atoms with Gasteiger partial charge in [0.1, 0.15) is 0 Å². The van der Waals surface area contributed by atoms with Crippen molar-refractivity contribution in [1.29, 1.82) is 0 Å². The zero-order chi connectivity index (χ0) is 8.06. The fourth-order valence-corrected chi connectivity index (χ4v) is 2.47. The van der Waals surface area contributed by atoms with Gasteiger partial charge in [-0.05, 0) is 30.3 Å². The van der Waals surface area contributed by atoms with Gasteiger partial charge in [0.05, 0.1) is 0 Å². The molecule has 0 amide bonds. The molecule has 0 aromatic carbocycles. The highest BCUT2D eigenvalue weighted by Gasteiger charge is 2.43. The summed E-state index contributed by atoms with van der Waals surface area (Å²) in [5.74, 6) is 1.27. The molecule has 2 rings (SSSR count). The Morgan fingerprint density at radius 2 is 2.18 bits per heavy atom. The Balaban J connectivity index is 2.22. The van der Waals surface area contributed by atoms with E-state index in [4.69, 9.17) is 0 Å². The topological polar surface area (TPSA) is 17.1 Å². The second kappa shape index (κ2) is 1.96. The molecule has 2 aliphatic rings. The van der Waals surface area contributed by atoms with Crippen LogP contribution in [-0.4, -0.2) is 5.78 Å². The van der Waals surface area contributed by atoms with Crippen molar-refractivity contribution in [3.8, 4) is 0 Å². The van der Waals surface area contributed by atoms with Gasteiger partial charge in [0.15, 0.2) is 5.78 Å². The lowest BCUT2D eigenvalue weighted by atomic mass is 9.89. The predicted molar refractivity (Wildman–Crippen MR) is 44.1 cm³/mol. The van der Waals surface area contributed by atoms with Crippen LogP contribution in [0.4, 0.5) is 0 Å². The molecule has 2 atom stereocenters. The van der Waals surface area contributed by atoms with Crippen molar-refractivity contribution in [2.24, 2.45) is 17.3 Å². The number of ketones is 1. The molecule has 2 aliphatic carbocycles. The minimum absolute atomic E-state index is 0.338. The molecule has 1 nitrogen and oxygen atoms in total. The Bertz CT molecular complexity index is 225. The maximum atomic E-state index is 11.3. The molecule has 0 spiro atoms. The number of allylic oxidation sites excluding steroid dienone is 2. The molecule has 11 heavy (non-hydrogen) atoms. The fraction of sp³-hybridized carbons (Fsp3) is 0.700. The van der Waals surface area contributed by atoms with Crippen molar-refractivity contribution in [1.82, 2.24) is 0 Å². The molecule has 1 heteroatoms. The molecular formula is C10H14O. The third-order valence-electron chi connectivity index (χ3n) is 2.95. The summed E-state index contributed by atoms with van der Waals surface area (Å²) in [6, 6.07) is 0. The largest absolute Gasteiger partial charge is 0.295 e. The predicted octanol–water partition coefficient (Wildman–Crippen LogP) is 2.18. The minimum Gasteiger partial charge on any atom is -0.295 e. The quantitative estimate of drug-likeness (QED) is 0.517. The number of hydrogen-bond donors (Lipinski definition) is 0. The summed E-state index contributed by atoms with van der Waals surface area (Å²) in [6.45, 7) is 4.51. The fourth-order valence-electron chi connectivity index (χ4n) is 2.47. The SMILES string of the molecule is CC1(C)C[C@@H]2C=CC(=O)[C@@H]2C1. The van der Waals surface area contributed by atoms with Crippen molar-refractivity contribution in [3.05, 3.63) is 12.2 Å². The first-order chi connectivity index (χ1) is 5.08. The maximum absolute atomic E-state index is 11.3. The standard InChI is InChI=1S/C10H14O/c1-10(2)5-7-3-4-9(11)8(7)6-10/h3-4,7-8H,5-6H2,1-2H3/t7-,8+/m0/s1. The molecule has 0 unspecified atom stereocenters. The summed E-state index contributed by atoms with van der Waals surface area (Å²) in [5.41, 5.74) is 0.399. The van der Waals surface area contributed by atoms with E-state index in [1.54, 1.807) is 6.08 Å². The van der Waals surface area contributed by atoms with Gasteiger partial charge >= 0.3 is 0 Å². The smallest absolute Gasteiger partial charge is 0.159 e. The van der Waals surface area contributed by atoms with Crippen molar-refractivity contribution in [2.75, 3.05) is 0 Å². The van der Waals surface area contributed by atoms with Crippen LogP contribution in [0.25, 0.3) is 0 Å². The van der Waals surface area contributed by atoms with E-state index in [0.29, 0.717) is 23.0 Å². The summed E-state index contributed by atoms with van der Waals surface area (Å²) in [6.07, 6.45) is 6.15. The van der Waals surface area contributed by atoms with Gasteiger partial charge < -0.3 is 0 Å². The van der Waals surface area contributed by atoms with Crippen molar-refractivity contribution >= 4 is 5.78 Å². The van der Waals surface area contributed by atoms with Gasteiger partial charge in [-0.3, -0.25) is 4.79 Å². The van der Waals surface area contributed by atoms with Gasteiger partial charge in [-0.15, -0.1) is 0 Å². The first-order valence-electron chi connectivity index (χ1n) is 4.31. The molecule has 0 heterocycles. The van der Waals surface area contributed by atoms with Crippen LogP contribution < -0.4 is 0 Å². The van der Waals surface area contributed by atoms with Gasteiger partial charge in [0.2, 0.25) is 0 Å². The molecule has 0 bridgehead atoms. The van der Waals surface area contributed by atoms with Crippen LogP contribution in [0.3, 0.4) is 0 Å². The summed E-state index contributed by atoms with van der Waals surface area (Å²) in [7, 11) is 0. The number of rotatable bonds is 0. The average molecular weight is 150 g/mol. The lowest BCUT2D eigenvalue weighted by Gasteiger charge is -2.16. The summed E-state index contributed by atoms with van der Waals surface area (Å²) >= 11 is 0. The highest BCUT2D eigenvalue weighted by molar-refractivity contribution is 5.94. The molecule has 0 N–H and O–H groups in total. The van der Waals surface area contributed by atoms with Gasteiger partial charge in [-0.1, -0.05) is 19.9 Å². The number of fused-ring (bicyclic) bond motifs is 1. The second-order valence-corrected chi connectivity index (χ2v) is 4.60. The van der Waals surface area contributed by atoms with Crippen LogP contribution in [0.1, 0.15) is 26.7 Å². The Morgan fingerprint density at radius 1 is 1.45 bits per heavy atom. The highest BCUT2D eigenvalue weighted by Crippen LogP contribution is 2.48. The molecule has 0 aromatic heterocycles. The molecule has 1 saturated carbocycles. The van der Waals surface area contributed by atoms with E-state index in [1.807, 2.05) is 0 Å². The maximum Gasteiger partial charge on any atom is 0.159 e. The van der Waals surface area contributed by atoms with Crippen molar-refractivity contribution < 1.29 is 4.79 Å². The Labute approximate surface area is 67.5 Å². The molecule has 0 radical (unpaired) electrons. The Hall–Kier alpha value is -0.590. The van der Waals surface area contributed by atoms with Crippen molar-refractivity contribution in [2.45, 2.75) is 26.7 Å². The van der Waals surface area contributed by atoms with Crippen LogP contribution in [0.5, 0.6) is 0 Å². The monoisotopic (exact) mass is 150 g/mol. The normalized spacial score (nSPS) is 39.6. The second-order valence-electron chi connectivity index (χ2n) is 4.60. The Morgan fingerprint density at radius 3 is 2.82 bits per heavy atom. The number of hydrogen-bond acceptors (Lipinski definition) is 1. The zero-order valence-corrected chi connectivity index (χ0v) is 7.13. The van der Waals surface area contributed by atoms with Gasteiger partial charge in [-0.2, -0.15) is 0 Å². The van der Waals surface area contributed by atoms with Crippen LogP contribution >= 0.6 is 0 Å². The van der Waals surface area contributed by atoms with Crippen LogP contribution in [-0.2, 0) is 4.79 Å².